The van der Waals surface area contributed by atoms with Gasteiger partial charge in [-0.05, 0) is 25.3 Å². The predicted molar refractivity (Wildman–Crippen MR) is 64.3 cm³/mol. The second-order valence-corrected chi connectivity index (χ2v) is 5.16. The van der Waals surface area contributed by atoms with Crippen molar-refractivity contribution in [2.75, 3.05) is 7.11 Å². The van der Waals surface area contributed by atoms with Crippen LogP contribution in [0.15, 0.2) is 11.4 Å². The van der Waals surface area contributed by atoms with Crippen LogP contribution in [0, 0.1) is 11.3 Å². The monoisotopic (exact) mass is 236 g/mol. The number of rotatable bonds is 4. The lowest BCUT2D eigenvalue weighted by atomic mass is 10.2. The summed E-state index contributed by atoms with van der Waals surface area (Å²) in [6, 6.07) is 4.68. The van der Waals surface area contributed by atoms with Gasteiger partial charge in [0.2, 0.25) is 0 Å². The fraction of sp³-hybridized carbons (Fsp3) is 0.583. The van der Waals surface area contributed by atoms with Gasteiger partial charge in [0.25, 0.3) is 0 Å². The minimum atomic E-state index is 0.426. The van der Waals surface area contributed by atoms with Gasteiger partial charge in [-0.1, -0.05) is 0 Å². The van der Waals surface area contributed by atoms with Gasteiger partial charge in [0.15, 0.2) is 0 Å². The van der Waals surface area contributed by atoms with E-state index < -0.39 is 0 Å². The SMILES string of the molecule is COC1CCC(NCc2cc(C#N)cs2)C1. The molecule has 0 aromatic carbocycles. The maximum atomic E-state index is 8.72. The molecule has 1 heterocycles. The Balaban J connectivity index is 1.78. The topological polar surface area (TPSA) is 45.0 Å². The highest BCUT2D eigenvalue weighted by molar-refractivity contribution is 7.10. The van der Waals surface area contributed by atoms with Crippen molar-refractivity contribution in [2.45, 2.75) is 38.0 Å². The van der Waals surface area contributed by atoms with Gasteiger partial charge in [-0.15, -0.1) is 11.3 Å². The van der Waals surface area contributed by atoms with E-state index in [0.717, 1.165) is 24.9 Å². The van der Waals surface area contributed by atoms with E-state index in [9.17, 15) is 0 Å². The Morgan fingerprint density at radius 2 is 2.50 bits per heavy atom. The number of hydrogen-bond donors (Lipinski definition) is 1. The molecule has 2 atom stereocenters. The van der Waals surface area contributed by atoms with Crippen LogP contribution in [0.3, 0.4) is 0 Å². The van der Waals surface area contributed by atoms with Gasteiger partial charge in [0.05, 0.1) is 11.7 Å². The van der Waals surface area contributed by atoms with Crippen molar-refractivity contribution in [1.29, 1.82) is 5.26 Å². The standard InChI is InChI=1S/C12H16N2OS/c1-15-11-3-2-10(5-11)14-7-12-4-9(6-13)8-16-12/h4,8,10-11,14H,2-3,5,7H2,1H3. The lowest BCUT2D eigenvalue weighted by molar-refractivity contribution is 0.107. The van der Waals surface area contributed by atoms with E-state index in [4.69, 9.17) is 10.00 Å². The molecule has 0 amide bonds. The number of ether oxygens (including phenoxy) is 1. The minimum Gasteiger partial charge on any atom is -0.381 e. The minimum absolute atomic E-state index is 0.426. The quantitative estimate of drug-likeness (QED) is 0.872. The highest BCUT2D eigenvalue weighted by Gasteiger charge is 2.23. The average molecular weight is 236 g/mol. The first kappa shape index (κ1) is 11.6. The summed E-state index contributed by atoms with van der Waals surface area (Å²) in [6.07, 6.45) is 3.87. The van der Waals surface area contributed by atoms with Gasteiger partial charge in [-0.3, -0.25) is 0 Å². The Bertz CT molecular complexity index is 383. The molecule has 3 nitrogen and oxygen atoms in total. The Hall–Kier alpha value is -0.890. The third-order valence-corrected chi connectivity index (χ3v) is 4.00. The van der Waals surface area contributed by atoms with Crippen LogP contribution in [0.1, 0.15) is 29.7 Å². The average Bonchev–Trinajstić information content (AvgIpc) is 2.95. The molecule has 0 bridgehead atoms. The van der Waals surface area contributed by atoms with Crippen molar-refractivity contribution in [3.63, 3.8) is 0 Å². The Morgan fingerprint density at radius 3 is 3.12 bits per heavy atom. The smallest absolute Gasteiger partial charge is 0.100 e. The maximum Gasteiger partial charge on any atom is 0.100 e. The van der Waals surface area contributed by atoms with E-state index in [1.807, 2.05) is 11.4 Å². The molecule has 2 rings (SSSR count). The van der Waals surface area contributed by atoms with E-state index in [1.54, 1.807) is 18.4 Å². The second-order valence-electron chi connectivity index (χ2n) is 4.16. The third-order valence-electron chi connectivity index (χ3n) is 3.07. The van der Waals surface area contributed by atoms with E-state index >= 15 is 0 Å². The van der Waals surface area contributed by atoms with Crippen LogP contribution in [0.4, 0.5) is 0 Å². The molecular formula is C12H16N2OS. The van der Waals surface area contributed by atoms with E-state index in [2.05, 4.69) is 11.4 Å². The Morgan fingerprint density at radius 1 is 1.62 bits per heavy atom. The number of nitrogens with zero attached hydrogens (tertiary/aromatic N) is 1. The van der Waals surface area contributed by atoms with Crippen LogP contribution in [0.25, 0.3) is 0 Å². The van der Waals surface area contributed by atoms with Crippen molar-refractivity contribution in [3.8, 4) is 6.07 Å². The largest absolute Gasteiger partial charge is 0.381 e. The molecule has 1 saturated carbocycles. The first-order valence-corrected chi connectivity index (χ1v) is 6.43. The summed E-state index contributed by atoms with van der Waals surface area (Å²) < 4.78 is 5.33. The molecule has 0 spiro atoms. The first-order valence-electron chi connectivity index (χ1n) is 5.55. The summed E-state index contributed by atoms with van der Waals surface area (Å²) in [5.41, 5.74) is 0.767. The van der Waals surface area contributed by atoms with Crippen LogP contribution in [0.5, 0.6) is 0 Å². The highest BCUT2D eigenvalue weighted by atomic mass is 32.1. The molecule has 0 saturated heterocycles. The van der Waals surface area contributed by atoms with Gasteiger partial charge in [-0.25, -0.2) is 0 Å². The van der Waals surface area contributed by atoms with Gasteiger partial charge in [0.1, 0.15) is 6.07 Å². The van der Waals surface area contributed by atoms with E-state index in [-0.39, 0.29) is 0 Å². The maximum absolute atomic E-state index is 8.72. The van der Waals surface area contributed by atoms with Gasteiger partial charge in [0, 0.05) is 30.0 Å². The normalized spacial score (nSPS) is 24.5. The van der Waals surface area contributed by atoms with E-state index in [1.165, 1.54) is 11.3 Å². The second kappa shape index (κ2) is 5.44. The van der Waals surface area contributed by atoms with Crippen LogP contribution in [0.2, 0.25) is 0 Å². The molecule has 4 heteroatoms. The molecule has 1 aromatic heterocycles. The molecule has 2 unspecified atom stereocenters. The summed E-state index contributed by atoms with van der Waals surface area (Å²) in [4.78, 5) is 1.23. The Kier molecular flexibility index (Phi) is 3.94. The third kappa shape index (κ3) is 2.82. The van der Waals surface area contributed by atoms with Gasteiger partial charge in [-0.2, -0.15) is 5.26 Å². The van der Waals surface area contributed by atoms with Crippen molar-refractivity contribution >= 4 is 11.3 Å². The van der Waals surface area contributed by atoms with Gasteiger partial charge < -0.3 is 10.1 Å². The van der Waals surface area contributed by atoms with Gasteiger partial charge >= 0.3 is 0 Å². The number of hydrogen-bond acceptors (Lipinski definition) is 4. The molecule has 0 radical (unpaired) electrons. The van der Waals surface area contributed by atoms with Crippen molar-refractivity contribution in [3.05, 3.63) is 21.9 Å². The van der Waals surface area contributed by atoms with Crippen molar-refractivity contribution in [2.24, 2.45) is 0 Å². The molecule has 16 heavy (non-hydrogen) atoms. The lowest BCUT2D eigenvalue weighted by Gasteiger charge is -2.11. The molecule has 1 aromatic rings. The molecule has 0 aliphatic heterocycles. The summed E-state index contributed by atoms with van der Waals surface area (Å²) in [6.45, 7) is 0.868. The van der Waals surface area contributed by atoms with Crippen molar-refractivity contribution in [1.82, 2.24) is 5.32 Å². The van der Waals surface area contributed by atoms with Crippen LogP contribution in [-0.2, 0) is 11.3 Å². The summed E-state index contributed by atoms with van der Waals surface area (Å²) in [5.74, 6) is 0. The lowest BCUT2D eigenvalue weighted by Crippen LogP contribution is -2.26. The zero-order valence-electron chi connectivity index (χ0n) is 9.40. The van der Waals surface area contributed by atoms with E-state index in [0.29, 0.717) is 12.1 Å². The summed E-state index contributed by atoms with van der Waals surface area (Å²) >= 11 is 1.65. The highest BCUT2D eigenvalue weighted by Crippen LogP contribution is 2.22. The van der Waals surface area contributed by atoms with Crippen molar-refractivity contribution < 1.29 is 4.74 Å². The predicted octanol–water partition coefficient (Wildman–Crippen LogP) is 2.28. The zero-order chi connectivity index (χ0) is 11.4. The molecule has 1 aliphatic rings. The number of thiophene rings is 1. The fourth-order valence-corrected chi connectivity index (χ4v) is 2.88. The fourth-order valence-electron chi connectivity index (χ4n) is 2.12. The van der Waals surface area contributed by atoms with Crippen LogP contribution in [-0.4, -0.2) is 19.3 Å². The van der Waals surface area contributed by atoms with Crippen LogP contribution < -0.4 is 5.32 Å². The molecule has 1 fully saturated rings. The zero-order valence-corrected chi connectivity index (χ0v) is 10.2. The number of methoxy groups -OCH3 is 1. The first-order chi connectivity index (χ1) is 7.81. The van der Waals surface area contributed by atoms with Crippen LogP contribution >= 0.6 is 11.3 Å². The summed E-state index contributed by atoms with van der Waals surface area (Å²) in [5, 5.41) is 14.1. The summed E-state index contributed by atoms with van der Waals surface area (Å²) in [7, 11) is 1.78. The molecular weight excluding hydrogens is 220 g/mol. The number of nitrogens with one attached hydrogen (secondary N) is 1. The molecule has 86 valence electrons. The number of nitriles is 1. The molecule has 1 N–H and O–H groups in total. The Labute approximate surface area is 100 Å². The molecule has 1 aliphatic carbocycles.